The molecule has 182 valence electrons. The SMILES string of the molecule is Cc1cccc(N2C[C@H](C(=O)Oc3cccc(N4C(=O)[C@@H]5CC[C@H](C)C[C@H]5C4=O)c3)CC2=O)c1C. The van der Waals surface area contributed by atoms with E-state index < -0.39 is 11.9 Å². The van der Waals surface area contributed by atoms with E-state index in [9.17, 15) is 19.2 Å². The molecule has 0 radical (unpaired) electrons. The third kappa shape index (κ3) is 4.13. The molecule has 7 nitrogen and oxygen atoms in total. The van der Waals surface area contributed by atoms with Gasteiger partial charge >= 0.3 is 5.97 Å². The van der Waals surface area contributed by atoms with Crippen molar-refractivity contribution in [3.63, 3.8) is 0 Å². The van der Waals surface area contributed by atoms with Crippen LogP contribution in [-0.4, -0.2) is 30.2 Å². The number of imide groups is 1. The standard InChI is InChI=1S/C28H30N2O5/c1-16-10-11-22-23(12-16)27(33)30(26(22)32)20-7-5-8-21(14-20)35-28(34)19-13-25(31)29(15-19)24-9-4-6-17(2)18(24)3/h4-9,14,16,19,22-23H,10-13,15H2,1-3H3/t16-,19+,22+,23+/m0/s1. The first kappa shape index (κ1) is 23.3. The summed E-state index contributed by atoms with van der Waals surface area (Å²) in [5, 5.41) is 0. The Morgan fingerprint density at radius 3 is 2.51 bits per heavy atom. The minimum absolute atomic E-state index is 0.0799. The lowest BCUT2D eigenvalue weighted by molar-refractivity contribution is -0.139. The van der Waals surface area contributed by atoms with Crippen molar-refractivity contribution in [1.29, 1.82) is 0 Å². The highest BCUT2D eigenvalue weighted by Gasteiger charge is 2.50. The van der Waals surface area contributed by atoms with Crippen molar-refractivity contribution >= 4 is 35.1 Å². The number of hydrogen-bond acceptors (Lipinski definition) is 5. The molecule has 3 fully saturated rings. The van der Waals surface area contributed by atoms with Crippen molar-refractivity contribution in [2.24, 2.45) is 23.7 Å². The van der Waals surface area contributed by atoms with Gasteiger partial charge in [-0.1, -0.05) is 25.1 Å². The fourth-order valence-corrected chi connectivity index (χ4v) is 5.66. The minimum Gasteiger partial charge on any atom is -0.426 e. The van der Waals surface area contributed by atoms with Crippen LogP contribution in [-0.2, 0) is 19.2 Å². The zero-order chi connectivity index (χ0) is 24.9. The quantitative estimate of drug-likeness (QED) is 0.377. The Morgan fingerprint density at radius 2 is 1.71 bits per heavy atom. The largest absolute Gasteiger partial charge is 0.426 e. The summed E-state index contributed by atoms with van der Waals surface area (Å²) in [6, 6.07) is 12.3. The van der Waals surface area contributed by atoms with Crippen LogP contribution in [0.3, 0.4) is 0 Å². The Labute approximate surface area is 205 Å². The molecular weight excluding hydrogens is 444 g/mol. The second-order valence-corrected chi connectivity index (χ2v) is 10.2. The number of amides is 3. The van der Waals surface area contributed by atoms with E-state index in [1.165, 1.54) is 4.90 Å². The summed E-state index contributed by atoms with van der Waals surface area (Å²) in [5.41, 5.74) is 3.33. The van der Waals surface area contributed by atoms with E-state index in [0.717, 1.165) is 36.1 Å². The number of ether oxygens (including phenoxy) is 1. The second kappa shape index (κ2) is 8.95. The van der Waals surface area contributed by atoms with E-state index in [1.807, 2.05) is 32.0 Å². The third-order valence-electron chi connectivity index (χ3n) is 7.81. The van der Waals surface area contributed by atoms with Crippen molar-refractivity contribution in [2.75, 3.05) is 16.3 Å². The van der Waals surface area contributed by atoms with Crippen molar-refractivity contribution in [1.82, 2.24) is 0 Å². The van der Waals surface area contributed by atoms with Crippen LogP contribution in [0.4, 0.5) is 11.4 Å². The van der Waals surface area contributed by atoms with Crippen LogP contribution in [0, 0.1) is 37.5 Å². The number of carbonyl (C=O) groups excluding carboxylic acids is 4. The number of benzene rings is 2. The van der Waals surface area contributed by atoms with Gasteiger partial charge in [0.2, 0.25) is 17.7 Å². The smallest absolute Gasteiger partial charge is 0.316 e. The van der Waals surface area contributed by atoms with Crippen molar-refractivity contribution in [3.05, 3.63) is 53.6 Å². The highest BCUT2D eigenvalue weighted by Crippen LogP contribution is 2.42. The van der Waals surface area contributed by atoms with Crippen LogP contribution in [0.2, 0.25) is 0 Å². The van der Waals surface area contributed by atoms with Crippen molar-refractivity contribution < 1.29 is 23.9 Å². The molecule has 0 N–H and O–H groups in total. The predicted molar refractivity (Wildman–Crippen MR) is 131 cm³/mol. The normalized spacial score (nSPS) is 26.3. The molecule has 1 aliphatic carbocycles. The molecule has 3 amide bonds. The summed E-state index contributed by atoms with van der Waals surface area (Å²) in [4.78, 5) is 54.6. The maximum absolute atomic E-state index is 13.1. The number of aryl methyl sites for hydroxylation is 1. The molecule has 2 aromatic carbocycles. The minimum atomic E-state index is -0.592. The van der Waals surface area contributed by atoms with Crippen LogP contribution in [0.15, 0.2) is 42.5 Å². The number of rotatable bonds is 4. The topological polar surface area (TPSA) is 84.0 Å². The summed E-state index contributed by atoms with van der Waals surface area (Å²) >= 11 is 0. The Kier molecular flexibility index (Phi) is 5.95. The zero-order valence-corrected chi connectivity index (χ0v) is 20.3. The first-order chi connectivity index (χ1) is 16.7. The molecule has 35 heavy (non-hydrogen) atoms. The Bertz CT molecular complexity index is 1220. The van der Waals surface area contributed by atoms with Gasteiger partial charge < -0.3 is 9.64 Å². The first-order valence-electron chi connectivity index (χ1n) is 12.3. The summed E-state index contributed by atoms with van der Waals surface area (Å²) in [7, 11) is 0. The monoisotopic (exact) mass is 474 g/mol. The number of nitrogens with zero attached hydrogens (tertiary/aromatic N) is 2. The third-order valence-corrected chi connectivity index (χ3v) is 7.81. The average molecular weight is 475 g/mol. The lowest BCUT2D eigenvalue weighted by atomic mass is 9.76. The van der Waals surface area contributed by atoms with Gasteiger partial charge in [0, 0.05) is 24.7 Å². The lowest BCUT2D eigenvalue weighted by Crippen LogP contribution is -2.31. The van der Waals surface area contributed by atoms with E-state index in [0.29, 0.717) is 11.6 Å². The van der Waals surface area contributed by atoms with Crippen molar-refractivity contribution in [2.45, 2.75) is 46.5 Å². The average Bonchev–Trinajstić information content (AvgIpc) is 3.33. The van der Waals surface area contributed by atoms with Crippen LogP contribution < -0.4 is 14.5 Å². The molecule has 0 bridgehead atoms. The predicted octanol–water partition coefficient (Wildman–Crippen LogP) is 4.19. The molecule has 4 atom stereocenters. The van der Waals surface area contributed by atoms with Gasteiger partial charge in [0.15, 0.2) is 0 Å². The fraction of sp³-hybridized carbons (Fsp3) is 0.429. The number of anilines is 2. The molecule has 2 heterocycles. The number of hydrogen-bond donors (Lipinski definition) is 0. The zero-order valence-electron chi connectivity index (χ0n) is 20.3. The Morgan fingerprint density at radius 1 is 0.971 bits per heavy atom. The van der Waals surface area contributed by atoms with Gasteiger partial charge in [-0.3, -0.25) is 19.2 Å². The molecule has 3 aliphatic rings. The molecule has 0 unspecified atom stereocenters. The van der Waals surface area contributed by atoms with Crippen LogP contribution in [0.5, 0.6) is 5.75 Å². The van der Waals surface area contributed by atoms with E-state index in [2.05, 4.69) is 6.92 Å². The summed E-state index contributed by atoms with van der Waals surface area (Å²) < 4.78 is 5.62. The molecule has 7 heteroatoms. The lowest BCUT2D eigenvalue weighted by Gasteiger charge is -2.25. The molecule has 5 rings (SSSR count). The Hall–Kier alpha value is -3.48. The summed E-state index contributed by atoms with van der Waals surface area (Å²) in [5.74, 6) is -1.37. The number of carbonyl (C=O) groups is 4. The van der Waals surface area contributed by atoms with Gasteiger partial charge in [0.1, 0.15) is 5.75 Å². The molecule has 1 saturated carbocycles. The number of fused-ring (bicyclic) bond motifs is 1. The van der Waals surface area contributed by atoms with E-state index in [-0.39, 0.29) is 48.3 Å². The highest BCUT2D eigenvalue weighted by molar-refractivity contribution is 6.22. The van der Waals surface area contributed by atoms with Gasteiger partial charge in [-0.2, -0.15) is 0 Å². The number of esters is 1. The fourth-order valence-electron chi connectivity index (χ4n) is 5.66. The molecule has 2 aromatic rings. The maximum atomic E-state index is 13.1. The molecule has 2 aliphatic heterocycles. The van der Waals surface area contributed by atoms with E-state index in [1.54, 1.807) is 29.2 Å². The molecule has 0 spiro atoms. The van der Waals surface area contributed by atoms with Gasteiger partial charge in [0.05, 0.1) is 23.4 Å². The summed E-state index contributed by atoms with van der Waals surface area (Å²) in [6.45, 7) is 6.33. The first-order valence-corrected chi connectivity index (χ1v) is 12.3. The molecular formula is C28H30N2O5. The van der Waals surface area contributed by atoms with Gasteiger partial charge in [-0.15, -0.1) is 0 Å². The van der Waals surface area contributed by atoms with E-state index >= 15 is 0 Å². The summed E-state index contributed by atoms with van der Waals surface area (Å²) in [6.07, 6.45) is 2.49. The molecule has 0 aromatic heterocycles. The van der Waals surface area contributed by atoms with Crippen molar-refractivity contribution in [3.8, 4) is 5.75 Å². The molecule has 2 saturated heterocycles. The van der Waals surface area contributed by atoms with Crippen LogP contribution in [0.25, 0.3) is 0 Å². The maximum Gasteiger partial charge on any atom is 0.316 e. The highest BCUT2D eigenvalue weighted by atomic mass is 16.5. The Balaban J connectivity index is 1.30. The van der Waals surface area contributed by atoms with E-state index in [4.69, 9.17) is 4.74 Å². The van der Waals surface area contributed by atoms with Crippen LogP contribution in [0.1, 0.15) is 43.7 Å². The van der Waals surface area contributed by atoms with Crippen LogP contribution >= 0.6 is 0 Å². The van der Waals surface area contributed by atoms with Gasteiger partial charge in [0.25, 0.3) is 0 Å². The van der Waals surface area contributed by atoms with Gasteiger partial charge in [-0.05, 0) is 68.4 Å². The van der Waals surface area contributed by atoms with Gasteiger partial charge in [-0.25, -0.2) is 4.90 Å². The second-order valence-electron chi connectivity index (χ2n) is 10.2.